The van der Waals surface area contributed by atoms with Gasteiger partial charge in [0.15, 0.2) is 0 Å². The lowest BCUT2D eigenvalue weighted by Crippen LogP contribution is -2.59. The molecule has 1 aliphatic rings. The molecule has 1 fully saturated rings. The van der Waals surface area contributed by atoms with Crippen LogP contribution in [0.3, 0.4) is 0 Å². The fourth-order valence-corrected chi connectivity index (χ4v) is 1.53. The van der Waals surface area contributed by atoms with Crippen molar-refractivity contribution < 1.29 is 19.2 Å². The van der Waals surface area contributed by atoms with Crippen molar-refractivity contribution in [2.45, 2.75) is 24.8 Å². The van der Waals surface area contributed by atoms with Crippen molar-refractivity contribution in [3.63, 3.8) is 0 Å². The first-order chi connectivity index (χ1) is 7.14. The van der Waals surface area contributed by atoms with Gasteiger partial charge in [-0.2, -0.15) is 0 Å². The highest BCUT2D eigenvalue weighted by Crippen LogP contribution is 2.32. The Morgan fingerprint density at radius 2 is 2.27 bits per heavy atom. The quantitative estimate of drug-likeness (QED) is 0.753. The zero-order chi connectivity index (χ0) is 10.9. The highest BCUT2D eigenvalue weighted by atomic mass is 16.5. The topological polar surface area (TPSA) is 92.4 Å². The highest BCUT2D eigenvalue weighted by molar-refractivity contribution is 5.96. The lowest BCUT2D eigenvalue weighted by molar-refractivity contribution is -0.148. The number of carbonyl (C=O) groups excluding carboxylic acids is 1. The summed E-state index contributed by atoms with van der Waals surface area (Å²) in [5.41, 5.74) is -1.11. The van der Waals surface area contributed by atoms with Crippen LogP contribution in [0.15, 0.2) is 16.8 Å². The fraction of sp³-hybridized carbons (Fsp3) is 0.444. The summed E-state index contributed by atoms with van der Waals surface area (Å²) in [6.07, 6.45) is 3.07. The average Bonchev–Trinajstić information content (AvgIpc) is 2.62. The van der Waals surface area contributed by atoms with E-state index in [2.05, 4.69) is 15.0 Å². The second-order valence-electron chi connectivity index (χ2n) is 3.57. The molecule has 80 valence electrons. The second-order valence-corrected chi connectivity index (χ2v) is 3.57. The smallest absolute Gasteiger partial charge is 0.329 e. The summed E-state index contributed by atoms with van der Waals surface area (Å²) in [5.74, 6) is -1.50. The summed E-state index contributed by atoms with van der Waals surface area (Å²) < 4.78 is 4.63. The van der Waals surface area contributed by atoms with Gasteiger partial charge in [-0.05, 0) is 19.3 Å². The van der Waals surface area contributed by atoms with Gasteiger partial charge in [0, 0.05) is 6.07 Å². The van der Waals surface area contributed by atoms with E-state index in [0.29, 0.717) is 12.8 Å². The van der Waals surface area contributed by atoms with Gasteiger partial charge in [-0.1, -0.05) is 5.16 Å². The van der Waals surface area contributed by atoms with Crippen LogP contribution in [-0.2, 0) is 4.79 Å². The third kappa shape index (κ3) is 1.58. The van der Waals surface area contributed by atoms with Crippen molar-refractivity contribution in [1.29, 1.82) is 0 Å². The van der Waals surface area contributed by atoms with Crippen molar-refractivity contribution in [3.8, 4) is 0 Å². The molecule has 0 aliphatic heterocycles. The summed E-state index contributed by atoms with van der Waals surface area (Å²) in [5, 5.41) is 14.8. The highest BCUT2D eigenvalue weighted by Gasteiger charge is 2.46. The number of carboxylic acid groups (broad SMARTS) is 1. The van der Waals surface area contributed by atoms with E-state index in [1.807, 2.05) is 0 Å². The number of hydrogen-bond donors (Lipinski definition) is 2. The first-order valence-corrected chi connectivity index (χ1v) is 4.61. The minimum atomic E-state index is -1.11. The number of carboxylic acids is 1. The van der Waals surface area contributed by atoms with E-state index in [9.17, 15) is 9.59 Å². The molecule has 1 aromatic heterocycles. The van der Waals surface area contributed by atoms with Gasteiger partial charge < -0.3 is 14.9 Å². The molecule has 1 aliphatic carbocycles. The fourth-order valence-electron chi connectivity index (χ4n) is 1.53. The summed E-state index contributed by atoms with van der Waals surface area (Å²) in [6.45, 7) is 0. The van der Waals surface area contributed by atoms with Crippen LogP contribution in [0.4, 0.5) is 0 Å². The molecule has 0 bridgehead atoms. The van der Waals surface area contributed by atoms with Gasteiger partial charge >= 0.3 is 5.97 Å². The summed E-state index contributed by atoms with van der Waals surface area (Å²) in [7, 11) is 0. The molecule has 6 heteroatoms. The Morgan fingerprint density at radius 3 is 2.67 bits per heavy atom. The second kappa shape index (κ2) is 3.38. The van der Waals surface area contributed by atoms with Crippen LogP contribution >= 0.6 is 0 Å². The third-order valence-electron chi connectivity index (χ3n) is 2.63. The Labute approximate surface area is 85.2 Å². The van der Waals surface area contributed by atoms with E-state index in [1.165, 1.54) is 12.3 Å². The van der Waals surface area contributed by atoms with Gasteiger partial charge in [0.05, 0.1) is 6.20 Å². The van der Waals surface area contributed by atoms with Gasteiger partial charge in [0.25, 0.3) is 5.91 Å². The SMILES string of the molecule is O=C(NC1(C(=O)O)CCC1)c1ccno1. The normalized spacial score (nSPS) is 17.9. The number of rotatable bonds is 3. The van der Waals surface area contributed by atoms with E-state index in [1.54, 1.807) is 0 Å². The van der Waals surface area contributed by atoms with Crippen LogP contribution in [0.5, 0.6) is 0 Å². The standard InChI is InChI=1S/C9H10N2O4/c12-7(6-2-5-10-15-6)11-9(8(13)14)3-1-4-9/h2,5H,1,3-4H2,(H,11,12)(H,13,14). The molecule has 1 saturated carbocycles. The van der Waals surface area contributed by atoms with Crippen LogP contribution in [0.2, 0.25) is 0 Å². The van der Waals surface area contributed by atoms with E-state index in [4.69, 9.17) is 5.11 Å². The number of amides is 1. The molecule has 6 nitrogen and oxygen atoms in total. The van der Waals surface area contributed by atoms with Gasteiger partial charge in [-0.3, -0.25) is 4.79 Å². The Kier molecular flexibility index (Phi) is 2.18. The lowest BCUT2D eigenvalue weighted by Gasteiger charge is -2.37. The van der Waals surface area contributed by atoms with Crippen molar-refractivity contribution >= 4 is 11.9 Å². The van der Waals surface area contributed by atoms with Crippen molar-refractivity contribution in [3.05, 3.63) is 18.0 Å². The molecule has 0 radical (unpaired) electrons. The number of aromatic nitrogens is 1. The van der Waals surface area contributed by atoms with E-state index in [0.717, 1.165) is 6.42 Å². The molecule has 0 atom stereocenters. The maximum absolute atomic E-state index is 11.5. The van der Waals surface area contributed by atoms with Crippen LogP contribution in [0.25, 0.3) is 0 Å². The predicted octanol–water partition coefficient (Wildman–Crippen LogP) is 0.412. The minimum absolute atomic E-state index is 0.0301. The van der Waals surface area contributed by atoms with Gasteiger partial charge in [-0.15, -0.1) is 0 Å². The molecule has 1 heterocycles. The van der Waals surface area contributed by atoms with Crippen LogP contribution in [0, 0.1) is 0 Å². The monoisotopic (exact) mass is 210 g/mol. The zero-order valence-corrected chi connectivity index (χ0v) is 7.90. The average molecular weight is 210 g/mol. The number of nitrogens with one attached hydrogen (secondary N) is 1. The Balaban J connectivity index is 2.08. The molecule has 2 rings (SSSR count). The number of carbonyl (C=O) groups is 2. The summed E-state index contributed by atoms with van der Waals surface area (Å²) in [6, 6.07) is 1.39. The maximum Gasteiger partial charge on any atom is 0.329 e. The molecular formula is C9H10N2O4. The van der Waals surface area contributed by atoms with Crippen molar-refractivity contribution in [2.75, 3.05) is 0 Å². The van der Waals surface area contributed by atoms with Crippen molar-refractivity contribution in [2.24, 2.45) is 0 Å². The number of nitrogens with zero attached hydrogens (tertiary/aromatic N) is 1. The van der Waals surface area contributed by atoms with Gasteiger partial charge in [0.2, 0.25) is 5.76 Å². The molecule has 2 N–H and O–H groups in total. The molecule has 15 heavy (non-hydrogen) atoms. The maximum atomic E-state index is 11.5. The zero-order valence-electron chi connectivity index (χ0n) is 7.90. The summed E-state index contributed by atoms with van der Waals surface area (Å²) >= 11 is 0. The van der Waals surface area contributed by atoms with Crippen molar-refractivity contribution in [1.82, 2.24) is 10.5 Å². The van der Waals surface area contributed by atoms with E-state index in [-0.39, 0.29) is 5.76 Å². The minimum Gasteiger partial charge on any atom is -0.480 e. The largest absolute Gasteiger partial charge is 0.480 e. The molecule has 1 aromatic rings. The Hall–Kier alpha value is -1.85. The third-order valence-corrected chi connectivity index (χ3v) is 2.63. The molecule has 1 amide bonds. The molecular weight excluding hydrogens is 200 g/mol. The van der Waals surface area contributed by atoms with Gasteiger partial charge in [-0.25, -0.2) is 4.79 Å². The Bertz CT molecular complexity index is 381. The van der Waals surface area contributed by atoms with Crippen LogP contribution in [-0.4, -0.2) is 27.7 Å². The van der Waals surface area contributed by atoms with E-state index < -0.39 is 17.4 Å². The van der Waals surface area contributed by atoms with E-state index >= 15 is 0 Å². The number of aliphatic carboxylic acids is 1. The summed E-state index contributed by atoms with van der Waals surface area (Å²) in [4.78, 5) is 22.5. The molecule has 0 unspecified atom stereocenters. The van der Waals surface area contributed by atoms with Crippen LogP contribution < -0.4 is 5.32 Å². The predicted molar refractivity (Wildman–Crippen MR) is 48.2 cm³/mol. The lowest BCUT2D eigenvalue weighted by atomic mass is 9.76. The van der Waals surface area contributed by atoms with Crippen LogP contribution in [0.1, 0.15) is 29.8 Å². The van der Waals surface area contributed by atoms with Gasteiger partial charge in [0.1, 0.15) is 5.54 Å². The molecule has 0 saturated heterocycles. The first kappa shape index (κ1) is 9.70. The number of hydrogen-bond acceptors (Lipinski definition) is 4. The first-order valence-electron chi connectivity index (χ1n) is 4.61. The molecule has 0 aromatic carbocycles. The molecule has 0 spiro atoms. The Morgan fingerprint density at radius 1 is 1.53 bits per heavy atom.